The van der Waals surface area contributed by atoms with Gasteiger partial charge >= 0.3 is 12.4 Å². The number of aliphatic imine (C=N–C) groups is 2. The Morgan fingerprint density at radius 1 is 0.667 bits per heavy atom. The molecule has 0 radical (unpaired) electrons. The van der Waals surface area contributed by atoms with Crippen molar-refractivity contribution in [1.82, 2.24) is 0 Å². The fraction of sp³-hybridized carbons (Fsp3) is 0.300. The minimum Gasteiger partial charge on any atom is -0.497 e. The molecule has 0 unspecified atom stereocenters. The van der Waals surface area contributed by atoms with Gasteiger partial charge in [-0.05, 0) is 47.5 Å². The van der Waals surface area contributed by atoms with E-state index in [0.717, 1.165) is 26.2 Å². The van der Waals surface area contributed by atoms with E-state index >= 15 is 0 Å². The Bertz CT molecular complexity index is 899. The van der Waals surface area contributed by atoms with Gasteiger partial charge in [-0.1, -0.05) is 0 Å². The number of hydrogen-bond acceptors (Lipinski definition) is 4. The highest BCUT2D eigenvalue weighted by atomic mass is 19.4. The lowest BCUT2D eigenvalue weighted by Crippen LogP contribution is -2.26. The summed E-state index contributed by atoms with van der Waals surface area (Å²) >= 11 is 0. The molecule has 2 aromatic carbocycles. The lowest BCUT2D eigenvalue weighted by atomic mass is 9.90. The largest absolute Gasteiger partial charge is 0.497 e. The van der Waals surface area contributed by atoms with Crippen molar-refractivity contribution >= 4 is 11.4 Å². The SMILES string of the molecule is CN=C(c1ccc(OC)cc1-c1cc(OC)ccc1C(=NC)C(F)(F)F)C(F)(F)F. The molecule has 0 saturated carbocycles. The van der Waals surface area contributed by atoms with Crippen molar-refractivity contribution in [2.75, 3.05) is 28.3 Å². The predicted molar refractivity (Wildman–Crippen MR) is 102 cm³/mol. The fourth-order valence-corrected chi connectivity index (χ4v) is 2.96. The first-order valence-corrected chi connectivity index (χ1v) is 8.43. The van der Waals surface area contributed by atoms with Gasteiger partial charge in [0.25, 0.3) is 0 Å². The maximum Gasteiger partial charge on any atom is 0.433 e. The normalized spacial score (nSPS) is 13.4. The van der Waals surface area contributed by atoms with E-state index in [2.05, 4.69) is 9.98 Å². The molecule has 162 valence electrons. The van der Waals surface area contributed by atoms with Crippen LogP contribution in [0.25, 0.3) is 11.1 Å². The second-order valence-electron chi connectivity index (χ2n) is 5.96. The van der Waals surface area contributed by atoms with E-state index in [-0.39, 0.29) is 22.6 Å². The van der Waals surface area contributed by atoms with Crippen molar-refractivity contribution in [3.05, 3.63) is 47.5 Å². The Morgan fingerprint density at radius 2 is 1.00 bits per heavy atom. The monoisotopic (exact) mass is 432 g/mol. The summed E-state index contributed by atoms with van der Waals surface area (Å²) in [4.78, 5) is 6.65. The van der Waals surface area contributed by atoms with Gasteiger partial charge in [-0.25, -0.2) is 0 Å². The van der Waals surface area contributed by atoms with Crippen molar-refractivity contribution in [2.45, 2.75) is 12.4 Å². The van der Waals surface area contributed by atoms with Crippen molar-refractivity contribution in [2.24, 2.45) is 9.98 Å². The smallest absolute Gasteiger partial charge is 0.433 e. The summed E-state index contributed by atoms with van der Waals surface area (Å²) < 4.78 is 91.5. The zero-order valence-corrected chi connectivity index (χ0v) is 16.4. The highest BCUT2D eigenvalue weighted by Crippen LogP contribution is 2.38. The van der Waals surface area contributed by atoms with E-state index < -0.39 is 34.9 Å². The summed E-state index contributed by atoms with van der Waals surface area (Å²) in [5.41, 5.74) is -3.61. The minimum absolute atomic E-state index is 0.155. The second kappa shape index (κ2) is 8.76. The van der Waals surface area contributed by atoms with Gasteiger partial charge in [-0.3, -0.25) is 9.98 Å². The van der Waals surface area contributed by atoms with E-state index in [1.807, 2.05) is 0 Å². The predicted octanol–water partition coefficient (Wildman–Crippen LogP) is 5.33. The van der Waals surface area contributed by atoms with E-state index in [4.69, 9.17) is 9.47 Å². The number of benzene rings is 2. The molecule has 0 amide bonds. The molecule has 0 N–H and O–H groups in total. The minimum atomic E-state index is -4.83. The zero-order valence-electron chi connectivity index (χ0n) is 16.4. The number of methoxy groups -OCH3 is 2. The molecule has 0 aliphatic heterocycles. The van der Waals surface area contributed by atoms with E-state index in [1.165, 1.54) is 38.5 Å². The molecular formula is C20H18F6N2O2. The van der Waals surface area contributed by atoms with Crippen LogP contribution in [-0.4, -0.2) is 52.1 Å². The Hall–Kier alpha value is -3.04. The quantitative estimate of drug-likeness (QED) is 0.473. The van der Waals surface area contributed by atoms with Gasteiger partial charge in [-0.2, -0.15) is 26.3 Å². The third-order valence-corrected chi connectivity index (χ3v) is 4.24. The van der Waals surface area contributed by atoms with Gasteiger partial charge in [0.15, 0.2) is 0 Å². The molecular weight excluding hydrogens is 414 g/mol. The van der Waals surface area contributed by atoms with Crippen molar-refractivity contribution in [3.8, 4) is 22.6 Å². The Kier molecular flexibility index (Phi) is 6.79. The maximum atomic E-state index is 13.6. The van der Waals surface area contributed by atoms with Crippen molar-refractivity contribution in [3.63, 3.8) is 0 Å². The Balaban J connectivity index is 2.95. The van der Waals surface area contributed by atoms with Gasteiger partial charge in [-0.15, -0.1) is 0 Å². The average molecular weight is 432 g/mol. The first-order chi connectivity index (χ1) is 14.0. The molecule has 10 heteroatoms. The topological polar surface area (TPSA) is 43.2 Å². The summed E-state index contributed by atoms with van der Waals surface area (Å²) in [6, 6.07) is 7.18. The molecule has 0 heterocycles. The molecule has 2 aromatic rings. The number of alkyl halides is 6. The van der Waals surface area contributed by atoms with Crippen LogP contribution in [0, 0.1) is 0 Å². The van der Waals surface area contributed by atoms with Gasteiger partial charge < -0.3 is 9.47 Å². The van der Waals surface area contributed by atoms with Gasteiger partial charge in [0, 0.05) is 25.2 Å². The molecule has 0 fully saturated rings. The van der Waals surface area contributed by atoms with Crippen LogP contribution < -0.4 is 9.47 Å². The molecule has 4 nitrogen and oxygen atoms in total. The third kappa shape index (κ3) is 4.74. The van der Waals surface area contributed by atoms with Gasteiger partial charge in [0.2, 0.25) is 0 Å². The van der Waals surface area contributed by atoms with Crippen LogP contribution in [0.1, 0.15) is 11.1 Å². The van der Waals surface area contributed by atoms with Crippen LogP contribution in [0.5, 0.6) is 11.5 Å². The molecule has 2 rings (SSSR count). The summed E-state index contributed by atoms with van der Waals surface area (Å²) in [6.07, 6.45) is -9.66. The molecule has 0 aromatic heterocycles. The van der Waals surface area contributed by atoms with Crippen molar-refractivity contribution < 1.29 is 35.8 Å². The standard InChI is InChI=1S/C20H18F6N2O2/c1-27-17(19(21,22)23)13-7-5-11(29-3)9-15(13)16-10-12(30-4)6-8-14(16)18(28-2)20(24,25)26/h5-10H,1-4H3. The van der Waals surface area contributed by atoms with Crippen molar-refractivity contribution in [1.29, 1.82) is 0 Å². The summed E-state index contributed by atoms with van der Waals surface area (Å²) in [7, 11) is 4.49. The van der Waals surface area contributed by atoms with Crippen LogP contribution in [-0.2, 0) is 0 Å². The first-order valence-electron chi connectivity index (χ1n) is 8.43. The van der Waals surface area contributed by atoms with Crippen LogP contribution >= 0.6 is 0 Å². The molecule has 0 aliphatic rings. The highest BCUT2D eigenvalue weighted by Gasteiger charge is 2.40. The van der Waals surface area contributed by atoms with E-state index in [9.17, 15) is 26.3 Å². The molecule has 0 bridgehead atoms. The van der Waals surface area contributed by atoms with Crippen LogP contribution in [0.3, 0.4) is 0 Å². The number of hydrogen-bond donors (Lipinski definition) is 0. The summed E-state index contributed by atoms with van der Waals surface area (Å²) in [6.45, 7) is 0. The number of nitrogens with zero attached hydrogens (tertiary/aromatic N) is 2. The fourth-order valence-electron chi connectivity index (χ4n) is 2.96. The number of halogens is 6. The first kappa shape index (κ1) is 23.2. The summed E-state index contributed by atoms with van der Waals surface area (Å²) in [5.74, 6) is 0.310. The molecule has 0 saturated heterocycles. The van der Waals surface area contributed by atoms with Crippen LogP contribution in [0.15, 0.2) is 46.4 Å². The second-order valence-corrected chi connectivity index (χ2v) is 5.96. The molecule has 0 aliphatic carbocycles. The number of ether oxygens (including phenoxy) is 2. The van der Waals surface area contributed by atoms with Crippen LogP contribution in [0.4, 0.5) is 26.3 Å². The lowest BCUT2D eigenvalue weighted by Gasteiger charge is -2.20. The van der Waals surface area contributed by atoms with E-state index in [0.29, 0.717) is 0 Å². The molecule has 0 spiro atoms. The average Bonchev–Trinajstić information content (AvgIpc) is 2.67. The van der Waals surface area contributed by atoms with E-state index in [1.54, 1.807) is 0 Å². The Labute approximate surface area is 168 Å². The molecule has 30 heavy (non-hydrogen) atoms. The van der Waals surface area contributed by atoms with Gasteiger partial charge in [0.1, 0.15) is 22.9 Å². The third-order valence-electron chi connectivity index (χ3n) is 4.24. The number of rotatable bonds is 5. The van der Waals surface area contributed by atoms with Crippen LogP contribution in [0.2, 0.25) is 0 Å². The Morgan fingerprint density at radius 3 is 1.23 bits per heavy atom. The molecule has 0 atom stereocenters. The van der Waals surface area contributed by atoms with Gasteiger partial charge in [0.05, 0.1) is 14.2 Å². The maximum absolute atomic E-state index is 13.6. The highest BCUT2D eigenvalue weighted by molar-refractivity contribution is 6.14. The lowest BCUT2D eigenvalue weighted by molar-refractivity contribution is -0.0590. The summed E-state index contributed by atoms with van der Waals surface area (Å²) in [5, 5.41) is 0. The zero-order chi connectivity index (χ0) is 22.7.